The van der Waals surface area contributed by atoms with Crippen LogP contribution in [-0.2, 0) is 4.74 Å². The number of hydrogen-bond acceptors (Lipinski definition) is 3. The lowest BCUT2D eigenvalue weighted by molar-refractivity contribution is 0.0962. The molecule has 1 saturated carbocycles. The van der Waals surface area contributed by atoms with Crippen molar-refractivity contribution in [2.75, 3.05) is 19.9 Å². The summed E-state index contributed by atoms with van der Waals surface area (Å²) in [6.07, 6.45) is 4.93. The summed E-state index contributed by atoms with van der Waals surface area (Å²) in [7, 11) is 0. The van der Waals surface area contributed by atoms with E-state index in [1.807, 2.05) is 0 Å². The third-order valence-corrected chi connectivity index (χ3v) is 3.04. The lowest BCUT2D eigenvalue weighted by Gasteiger charge is -2.32. The van der Waals surface area contributed by atoms with Gasteiger partial charge in [0.05, 0.1) is 13.3 Å². The zero-order chi connectivity index (χ0) is 8.39. The smallest absolute Gasteiger partial charge is 0.0994 e. The van der Waals surface area contributed by atoms with Gasteiger partial charge >= 0.3 is 0 Å². The molecule has 0 spiro atoms. The van der Waals surface area contributed by atoms with Gasteiger partial charge in [0.1, 0.15) is 0 Å². The van der Waals surface area contributed by atoms with Crippen LogP contribution in [0, 0.1) is 0 Å². The summed E-state index contributed by atoms with van der Waals surface area (Å²) in [5.74, 6) is 0. The van der Waals surface area contributed by atoms with Crippen molar-refractivity contribution < 1.29 is 4.74 Å². The molecule has 2 rings (SSSR count). The van der Waals surface area contributed by atoms with Gasteiger partial charge in [-0.3, -0.25) is 4.90 Å². The van der Waals surface area contributed by atoms with Gasteiger partial charge in [-0.25, -0.2) is 0 Å². The summed E-state index contributed by atoms with van der Waals surface area (Å²) < 4.78 is 5.33. The van der Waals surface area contributed by atoms with Crippen LogP contribution in [0.25, 0.3) is 0 Å². The first-order chi connectivity index (χ1) is 5.86. The summed E-state index contributed by atoms with van der Waals surface area (Å²) in [6.45, 7) is 2.89. The molecule has 1 aliphatic carbocycles. The van der Waals surface area contributed by atoms with Crippen LogP contribution in [0.1, 0.15) is 25.7 Å². The lowest BCUT2D eigenvalue weighted by Crippen LogP contribution is -2.39. The standard InChI is InChI=1S/C9H18N2O/c10-8-1-3-9(4-2-8)11-5-6-12-7-11/h8-9H,1-7,10H2/t8-,9-. The molecule has 3 heteroatoms. The second-order valence-corrected chi connectivity index (χ2v) is 3.92. The van der Waals surface area contributed by atoms with Crippen molar-refractivity contribution in [3.8, 4) is 0 Å². The molecule has 12 heavy (non-hydrogen) atoms. The quantitative estimate of drug-likeness (QED) is 0.624. The minimum absolute atomic E-state index is 0.463. The molecule has 2 N–H and O–H groups in total. The van der Waals surface area contributed by atoms with Crippen LogP contribution < -0.4 is 5.73 Å². The number of ether oxygens (including phenoxy) is 1. The average molecular weight is 170 g/mol. The first-order valence-corrected chi connectivity index (χ1v) is 4.93. The second-order valence-electron chi connectivity index (χ2n) is 3.92. The zero-order valence-corrected chi connectivity index (χ0v) is 7.54. The summed E-state index contributed by atoms with van der Waals surface area (Å²) in [6, 6.07) is 1.22. The topological polar surface area (TPSA) is 38.5 Å². The summed E-state index contributed by atoms with van der Waals surface area (Å²) in [5.41, 5.74) is 5.85. The van der Waals surface area contributed by atoms with Crippen molar-refractivity contribution in [2.45, 2.75) is 37.8 Å². The van der Waals surface area contributed by atoms with Crippen LogP contribution in [0.3, 0.4) is 0 Å². The number of nitrogens with zero attached hydrogens (tertiary/aromatic N) is 1. The average Bonchev–Trinajstić information content (AvgIpc) is 2.58. The molecule has 0 aromatic heterocycles. The molecule has 0 unspecified atom stereocenters. The normalized spacial score (nSPS) is 38.8. The summed E-state index contributed by atoms with van der Waals surface area (Å²) >= 11 is 0. The van der Waals surface area contributed by atoms with Crippen LogP contribution in [0.5, 0.6) is 0 Å². The van der Waals surface area contributed by atoms with Crippen LogP contribution in [0.4, 0.5) is 0 Å². The monoisotopic (exact) mass is 170 g/mol. The Labute approximate surface area is 73.9 Å². The van der Waals surface area contributed by atoms with Gasteiger partial charge in [0.25, 0.3) is 0 Å². The number of rotatable bonds is 1. The highest BCUT2D eigenvalue weighted by molar-refractivity contribution is 4.81. The Morgan fingerprint density at radius 3 is 2.50 bits per heavy atom. The first kappa shape index (κ1) is 8.48. The summed E-state index contributed by atoms with van der Waals surface area (Å²) in [5, 5.41) is 0. The van der Waals surface area contributed by atoms with E-state index in [0.29, 0.717) is 6.04 Å². The Hall–Kier alpha value is -0.120. The van der Waals surface area contributed by atoms with Crippen molar-refractivity contribution in [2.24, 2.45) is 5.73 Å². The molecular weight excluding hydrogens is 152 g/mol. The van der Waals surface area contributed by atoms with Crippen molar-refractivity contribution in [1.29, 1.82) is 0 Å². The maximum Gasteiger partial charge on any atom is 0.0994 e. The fraction of sp³-hybridized carbons (Fsp3) is 1.00. The van der Waals surface area contributed by atoms with Gasteiger partial charge in [-0.2, -0.15) is 0 Å². The Morgan fingerprint density at radius 2 is 1.92 bits per heavy atom. The predicted octanol–water partition coefficient (Wildman–Crippen LogP) is 0.546. The van der Waals surface area contributed by atoms with Gasteiger partial charge in [-0.05, 0) is 25.7 Å². The van der Waals surface area contributed by atoms with E-state index in [0.717, 1.165) is 25.9 Å². The predicted molar refractivity (Wildman–Crippen MR) is 47.8 cm³/mol. The lowest BCUT2D eigenvalue weighted by atomic mass is 9.91. The van der Waals surface area contributed by atoms with E-state index in [-0.39, 0.29) is 0 Å². The van der Waals surface area contributed by atoms with Crippen molar-refractivity contribution >= 4 is 0 Å². The van der Waals surface area contributed by atoms with E-state index >= 15 is 0 Å². The van der Waals surface area contributed by atoms with E-state index in [1.54, 1.807) is 0 Å². The third kappa shape index (κ3) is 1.79. The molecule has 2 fully saturated rings. The maximum absolute atomic E-state index is 5.85. The molecule has 3 nitrogen and oxygen atoms in total. The largest absolute Gasteiger partial charge is 0.365 e. The first-order valence-electron chi connectivity index (χ1n) is 4.93. The number of nitrogens with two attached hydrogens (primary N) is 1. The molecule has 0 bridgehead atoms. The Kier molecular flexibility index (Phi) is 2.63. The fourth-order valence-corrected chi connectivity index (χ4v) is 2.18. The zero-order valence-electron chi connectivity index (χ0n) is 7.54. The highest BCUT2D eigenvalue weighted by Crippen LogP contribution is 2.23. The fourth-order valence-electron chi connectivity index (χ4n) is 2.18. The highest BCUT2D eigenvalue weighted by atomic mass is 16.5. The second kappa shape index (κ2) is 3.73. The molecule has 70 valence electrons. The number of hydrogen-bond donors (Lipinski definition) is 1. The molecule has 0 aromatic rings. The van der Waals surface area contributed by atoms with Crippen molar-refractivity contribution in [3.63, 3.8) is 0 Å². The van der Waals surface area contributed by atoms with Crippen LogP contribution in [0.15, 0.2) is 0 Å². The SMILES string of the molecule is N[C@H]1CC[C@H](N2CCOC2)CC1. The molecular formula is C9H18N2O. The molecule has 1 aliphatic heterocycles. The highest BCUT2D eigenvalue weighted by Gasteiger charge is 2.26. The minimum atomic E-state index is 0.463. The van der Waals surface area contributed by atoms with Crippen LogP contribution in [-0.4, -0.2) is 36.9 Å². The van der Waals surface area contributed by atoms with E-state index in [4.69, 9.17) is 10.5 Å². The van der Waals surface area contributed by atoms with Crippen LogP contribution >= 0.6 is 0 Å². The minimum Gasteiger partial charge on any atom is -0.365 e. The molecule has 1 heterocycles. The van der Waals surface area contributed by atoms with Crippen LogP contribution in [0.2, 0.25) is 0 Å². The van der Waals surface area contributed by atoms with Crippen molar-refractivity contribution in [1.82, 2.24) is 4.90 Å². The van der Waals surface area contributed by atoms with E-state index < -0.39 is 0 Å². The van der Waals surface area contributed by atoms with E-state index in [9.17, 15) is 0 Å². The van der Waals surface area contributed by atoms with Gasteiger partial charge in [0, 0.05) is 18.6 Å². The Morgan fingerprint density at radius 1 is 1.17 bits per heavy atom. The van der Waals surface area contributed by atoms with Crippen molar-refractivity contribution in [3.05, 3.63) is 0 Å². The van der Waals surface area contributed by atoms with E-state index in [1.165, 1.54) is 25.7 Å². The Bertz CT molecular complexity index is 137. The molecule has 2 aliphatic rings. The molecule has 0 atom stereocenters. The summed E-state index contributed by atoms with van der Waals surface area (Å²) in [4.78, 5) is 2.45. The van der Waals surface area contributed by atoms with Gasteiger partial charge in [0.2, 0.25) is 0 Å². The van der Waals surface area contributed by atoms with Gasteiger partial charge in [-0.15, -0.1) is 0 Å². The molecule has 0 radical (unpaired) electrons. The van der Waals surface area contributed by atoms with Gasteiger partial charge < -0.3 is 10.5 Å². The van der Waals surface area contributed by atoms with E-state index in [2.05, 4.69) is 4.90 Å². The molecule has 0 amide bonds. The Balaban J connectivity index is 1.80. The third-order valence-electron chi connectivity index (χ3n) is 3.04. The molecule has 0 aromatic carbocycles. The van der Waals surface area contributed by atoms with Gasteiger partial charge in [-0.1, -0.05) is 0 Å². The van der Waals surface area contributed by atoms with Gasteiger partial charge in [0.15, 0.2) is 0 Å². The maximum atomic E-state index is 5.85. The molecule has 1 saturated heterocycles.